The minimum absolute atomic E-state index is 0.483. The average molecular weight is 455 g/mol. The van der Waals surface area contributed by atoms with E-state index in [1.165, 1.54) is 17.3 Å². The van der Waals surface area contributed by atoms with Crippen molar-refractivity contribution in [3.8, 4) is 28.5 Å². The number of hydrogen-bond acceptors (Lipinski definition) is 7. The smallest absolute Gasteiger partial charge is 0.237 e. The van der Waals surface area contributed by atoms with Gasteiger partial charge in [0.25, 0.3) is 0 Å². The first kappa shape index (κ1) is 21.1. The Balaban J connectivity index is 1.43. The fourth-order valence-corrected chi connectivity index (χ4v) is 4.31. The molecule has 0 unspecified atom stereocenters. The van der Waals surface area contributed by atoms with Crippen LogP contribution < -0.4 is 0 Å². The Morgan fingerprint density at radius 2 is 1.79 bits per heavy atom. The van der Waals surface area contributed by atoms with E-state index in [-0.39, 0.29) is 0 Å². The van der Waals surface area contributed by atoms with Gasteiger partial charge in [-0.05, 0) is 42.7 Å². The number of hydrogen-bond donors (Lipinski definition) is 0. The summed E-state index contributed by atoms with van der Waals surface area (Å²) in [6.45, 7) is 4.21. The highest BCUT2D eigenvalue weighted by molar-refractivity contribution is 7.98. The van der Waals surface area contributed by atoms with Crippen LogP contribution >= 0.6 is 11.8 Å². The quantitative estimate of drug-likeness (QED) is 0.299. The standard InChI is InChI=1S/C25H22N6OS/c1-3-18-10-12-19(13-11-18)23-27-22(32-30-23)16-33-25-29-28-24(20-8-6-14-26-15-20)31(25)21-9-5-4-7-17(21)2/h4-15H,3,16H2,1-2H3. The number of pyridine rings is 1. The van der Waals surface area contributed by atoms with Crippen molar-refractivity contribution in [2.75, 3.05) is 0 Å². The maximum atomic E-state index is 5.51. The summed E-state index contributed by atoms with van der Waals surface area (Å²) in [5.74, 6) is 2.35. The van der Waals surface area contributed by atoms with Gasteiger partial charge in [-0.1, -0.05) is 66.3 Å². The van der Waals surface area contributed by atoms with Crippen LogP contribution in [-0.2, 0) is 12.2 Å². The average Bonchev–Trinajstić information content (AvgIpc) is 3.51. The topological polar surface area (TPSA) is 82.5 Å². The van der Waals surface area contributed by atoms with Gasteiger partial charge in [-0.2, -0.15) is 4.98 Å². The van der Waals surface area contributed by atoms with Gasteiger partial charge in [-0.15, -0.1) is 10.2 Å². The van der Waals surface area contributed by atoms with Gasteiger partial charge < -0.3 is 4.52 Å². The lowest BCUT2D eigenvalue weighted by Gasteiger charge is -2.12. The van der Waals surface area contributed by atoms with Gasteiger partial charge in [0.2, 0.25) is 11.7 Å². The first-order valence-electron chi connectivity index (χ1n) is 10.7. The molecule has 7 nitrogen and oxygen atoms in total. The van der Waals surface area contributed by atoms with Gasteiger partial charge in [0.05, 0.1) is 11.4 Å². The number of benzene rings is 2. The van der Waals surface area contributed by atoms with Crippen LogP contribution in [0.15, 0.2) is 82.7 Å². The molecule has 0 aliphatic rings. The molecule has 3 aromatic heterocycles. The van der Waals surface area contributed by atoms with Crippen LogP contribution in [0.25, 0.3) is 28.5 Å². The van der Waals surface area contributed by atoms with E-state index < -0.39 is 0 Å². The lowest BCUT2D eigenvalue weighted by Crippen LogP contribution is -2.02. The monoisotopic (exact) mass is 454 g/mol. The van der Waals surface area contributed by atoms with E-state index in [1.807, 2.05) is 36.4 Å². The molecule has 2 aromatic carbocycles. The minimum Gasteiger partial charge on any atom is -0.338 e. The second kappa shape index (κ2) is 9.38. The summed E-state index contributed by atoms with van der Waals surface area (Å²) in [5.41, 5.74) is 5.26. The first-order chi connectivity index (χ1) is 16.2. The zero-order valence-corrected chi connectivity index (χ0v) is 19.2. The summed E-state index contributed by atoms with van der Waals surface area (Å²) in [4.78, 5) is 8.81. The number of aromatic nitrogens is 6. The maximum absolute atomic E-state index is 5.51. The minimum atomic E-state index is 0.483. The SMILES string of the molecule is CCc1ccc(-c2noc(CSc3nnc(-c4cccnc4)n3-c3ccccc3C)n2)cc1. The van der Waals surface area contributed by atoms with E-state index in [1.54, 1.807) is 12.4 Å². The second-order valence-corrected chi connectivity index (χ2v) is 8.46. The molecular weight excluding hydrogens is 432 g/mol. The van der Waals surface area contributed by atoms with Crippen molar-refractivity contribution >= 4 is 11.8 Å². The van der Waals surface area contributed by atoms with Crippen LogP contribution in [0.2, 0.25) is 0 Å². The lowest BCUT2D eigenvalue weighted by atomic mass is 10.1. The van der Waals surface area contributed by atoms with Crippen molar-refractivity contribution in [3.63, 3.8) is 0 Å². The normalized spacial score (nSPS) is 11.1. The van der Waals surface area contributed by atoms with Gasteiger partial charge in [0.15, 0.2) is 11.0 Å². The molecule has 0 radical (unpaired) electrons. The number of nitrogens with zero attached hydrogens (tertiary/aromatic N) is 6. The van der Waals surface area contributed by atoms with Gasteiger partial charge in [0.1, 0.15) is 0 Å². The van der Waals surface area contributed by atoms with E-state index in [4.69, 9.17) is 4.52 Å². The van der Waals surface area contributed by atoms with Crippen molar-refractivity contribution in [3.05, 3.63) is 90.1 Å². The van der Waals surface area contributed by atoms with Crippen molar-refractivity contribution in [1.82, 2.24) is 29.9 Å². The summed E-state index contributed by atoms with van der Waals surface area (Å²) >= 11 is 1.51. The zero-order chi connectivity index (χ0) is 22.6. The third-order valence-electron chi connectivity index (χ3n) is 5.32. The van der Waals surface area contributed by atoms with Gasteiger partial charge >= 0.3 is 0 Å². The Hall–Kier alpha value is -3.78. The Morgan fingerprint density at radius 3 is 2.55 bits per heavy atom. The van der Waals surface area contributed by atoms with Gasteiger partial charge in [-0.3, -0.25) is 9.55 Å². The Kier molecular flexibility index (Phi) is 5.99. The molecule has 0 atom stereocenters. The molecule has 0 fully saturated rings. The summed E-state index contributed by atoms with van der Waals surface area (Å²) in [6.07, 6.45) is 4.54. The molecule has 0 bridgehead atoms. The number of thioether (sulfide) groups is 1. The molecule has 164 valence electrons. The van der Waals surface area contributed by atoms with Crippen LogP contribution in [0.3, 0.4) is 0 Å². The highest BCUT2D eigenvalue weighted by Crippen LogP contribution is 2.31. The first-order valence-corrected chi connectivity index (χ1v) is 11.7. The fourth-order valence-electron chi connectivity index (χ4n) is 3.52. The molecule has 0 amide bonds. The second-order valence-electron chi connectivity index (χ2n) is 7.52. The number of rotatable bonds is 7. The third-order valence-corrected chi connectivity index (χ3v) is 6.24. The molecule has 5 rings (SSSR count). The Labute approximate surface area is 195 Å². The zero-order valence-electron chi connectivity index (χ0n) is 18.3. The van der Waals surface area contributed by atoms with Crippen LogP contribution in [-0.4, -0.2) is 29.9 Å². The largest absolute Gasteiger partial charge is 0.338 e. The van der Waals surface area contributed by atoms with Crippen molar-refractivity contribution in [2.45, 2.75) is 31.2 Å². The summed E-state index contributed by atoms with van der Waals surface area (Å²) in [7, 11) is 0. The number of para-hydroxylation sites is 1. The molecule has 8 heteroatoms. The van der Waals surface area contributed by atoms with E-state index in [9.17, 15) is 0 Å². The molecule has 0 saturated carbocycles. The van der Waals surface area contributed by atoms with Crippen LogP contribution in [0.1, 0.15) is 23.9 Å². The molecular formula is C25H22N6OS. The van der Waals surface area contributed by atoms with Crippen molar-refractivity contribution < 1.29 is 4.52 Å². The van der Waals surface area contributed by atoms with E-state index >= 15 is 0 Å². The summed E-state index contributed by atoms with van der Waals surface area (Å²) in [5, 5.41) is 13.8. The molecule has 5 aromatic rings. The van der Waals surface area contributed by atoms with Gasteiger partial charge in [-0.25, -0.2) is 0 Å². The molecule has 33 heavy (non-hydrogen) atoms. The van der Waals surface area contributed by atoms with E-state index in [2.05, 4.69) is 68.0 Å². The lowest BCUT2D eigenvalue weighted by molar-refractivity contribution is 0.391. The van der Waals surface area contributed by atoms with E-state index in [0.717, 1.165) is 39.8 Å². The Morgan fingerprint density at radius 1 is 0.939 bits per heavy atom. The highest BCUT2D eigenvalue weighted by Gasteiger charge is 2.19. The number of aryl methyl sites for hydroxylation is 2. The maximum Gasteiger partial charge on any atom is 0.237 e. The summed E-state index contributed by atoms with van der Waals surface area (Å²) < 4.78 is 7.56. The van der Waals surface area contributed by atoms with Gasteiger partial charge in [0, 0.05) is 23.5 Å². The summed E-state index contributed by atoms with van der Waals surface area (Å²) in [6, 6.07) is 20.3. The predicted molar refractivity (Wildman–Crippen MR) is 128 cm³/mol. The molecule has 0 aliphatic carbocycles. The molecule has 0 aliphatic heterocycles. The Bertz CT molecular complexity index is 1360. The fraction of sp³-hybridized carbons (Fsp3) is 0.160. The van der Waals surface area contributed by atoms with Crippen molar-refractivity contribution in [1.29, 1.82) is 0 Å². The van der Waals surface area contributed by atoms with Crippen LogP contribution in [0, 0.1) is 6.92 Å². The predicted octanol–water partition coefficient (Wildman–Crippen LogP) is 5.54. The molecule has 0 N–H and O–H groups in total. The molecule has 0 spiro atoms. The molecule has 3 heterocycles. The van der Waals surface area contributed by atoms with E-state index in [0.29, 0.717) is 17.5 Å². The molecule has 0 saturated heterocycles. The highest BCUT2D eigenvalue weighted by atomic mass is 32.2. The van der Waals surface area contributed by atoms with Crippen LogP contribution in [0.4, 0.5) is 0 Å². The van der Waals surface area contributed by atoms with Crippen LogP contribution in [0.5, 0.6) is 0 Å². The third kappa shape index (κ3) is 4.42. The van der Waals surface area contributed by atoms with Crippen molar-refractivity contribution in [2.24, 2.45) is 0 Å².